The fourth-order valence-electron chi connectivity index (χ4n) is 1.56. The molecule has 0 bridgehead atoms. The number of aliphatic hydroxyl groups excluding tert-OH is 1. The molecule has 5 nitrogen and oxygen atoms in total. The standard InChI is InChI=1S/C10H19NO4/c1-9(2,3)15-8(13)11-7-4-10(14,5-7)6-12/h7,12,14H,4-6H2,1-3H3,(H,11,13). The number of hydrogen-bond donors (Lipinski definition) is 3. The lowest BCUT2D eigenvalue weighted by Gasteiger charge is -2.42. The van der Waals surface area contributed by atoms with Crippen LogP contribution in [0.25, 0.3) is 0 Å². The Morgan fingerprint density at radius 1 is 1.53 bits per heavy atom. The first kappa shape index (κ1) is 12.3. The number of nitrogens with one attached hydrogen (secondary N) is 1. The van der Waals surface area contributed by atoms with E-state index in [1.807, 2.05) is 0 Å². The third-order valence-electron chi connectivity index (χ3n) is 2.27. The predicted octanol–water partition coefficient (Wildman–Crippen LogP) is 0.397. The van der Waals surface area contributed by atoms with Gasteiger partial charge in [-0.15, -0.1) is 0 Å². The summed E-state index contributed by atoms with van der Waals surface area (Å²) in [6.45, 7) is 5.10. The molecule has 0 aromatic heterocycles. The first-order valence-electron chi connectivity index (χ1n) is 5.07. The molecule has 1 saturated carbocycles. The van der Waals surface area contributed by atoms with Crippen LogP contribution in [0.5, 0.6) is 0 Å². The first-order chi connectivity index (χ1) is 6.74. The Morgan fingerprint density at radius 3 is 2.47 bits per heavy atom. The van der Waals surface area contributed by atoms with E-state index in [-0.39, 0.29) is 12.6 Å². The van der Waals surface area contributed by atoms with Crippen molar-refractivity contribution < 1.29 is 19.7 Å². The summed E-state index contributed by atoms with van der Waals surface area (Å²) >= 11 is 0. The molecule has 1 rings (SSSR count). The highest BCUT2D eigenvalue weighted by atomic mass is 16.6. The lowest BCUT2D eigenvalue weighted by atomic mass is 9.76. The van der Waals surface area contributed by atoms with E-state index < -0.39 is 17.3 Å². The fraction of sp³-hybridized carbons (Fsp3) is 0.900. The summed E-state index contributed by atoms with van der Waals surface area (Å²) in [5.74, 6) is 0. The van der Waals surface area contributed by atoms with Crippen LogP contribution in [0.15, 0.2) is 0 Å². The number of ether oxygens (including phenoxy) is 1. The van der Waals surface area contributed by atoms with Crippen LogP contribution in [-0.4, -0.2) is 40.2 Å². The van der Waals surface area contributed by atoms with Gasteiger partial charge in [0, 0.05) is 6.04 Å². The van der Waals surface area contributed by atoms with E-state index in [1.54, 1.807) is 20.8 Å². The third-order valence-corrected chi connectivity index (χ3v) is 2.27. The monoisotopic (exact) mass is 217 g/mol. The van der Waals surface area contributed by atoms with Crippen LogP contribution >= 0.6 is 0 Å². The molecule has 0 aromatic carbocycles. The molecule has 0 spiro atoms. The van der Waals surface area contributed by atoms with E-state index in [1.165, 1.54) is 0 Å². The molecule has 0 atom stereocenters. The Hall–Kier alpha value is -0.810. The highest BCUT2D eigenvalue weighted by Crippen LogP contribution is 2.31. The highest BCUT2D eigenvalue weighted by Gasteiger charge is 2.43. The highest BCUT2D eigenvalue weighted by molar-refractivity contribution is 5.68. The Balaban J connectivity index is 2.25. The maximum absolute atomic E-state index is 11.3. The second-order valence-corrected chi connectivity index (χ2v) is 5.13. The summed E-state index contributed by atoms with van der Waals surface area (Å²) < 4.78 is 5.05. The molecule has 3 N–H and O–H groups in total. The number of amides is 1. The number of aliphatic hydroxyl groups is 2. The van der Waals surface area contributed by atoms with E-state index >= 15 is 0 Å². The fourth-order valence-corrected chi connectivity index (χ4v) is 1.56. The molecule has 0 unspecified atom stereocenters. The van der Waals surface area contributed by atoms with Gasteiger partial charge in [-0.25, -0.2) is 4.79 Å². The van der Waals surface area contributed by atoms with E-state index in [4.69, 9.17) is 9.84 Å². The molecule has 0 aliphatic heterocycles. The van der Waals surface area contributed by atoms with E-state index in [9.17, 15) is 9.90 Å². The zero-order valence-electron chi connectivity index (χ0n) is 9.41. The number of alkyl carbamates (subject to hydrolysis) is 1. The van der Waals surface area contributed by atoms with Crippen molar-refractivity contribution in [3.05, 3.63) is 0 Å². The summed E-state index contributed by atoms with van der Waals surface area (Å²) in [6, 6.07) is -0.100. The summed E-state index contributed by atoms with van der Waals surface area (Å²) in [6.07, 6.45) is 0.276. The van der Waals surface area contributed by atoms with E-state index in [0.29, 0.717) is 12.8 Å². The van der Waals surface area contributed by atoms with E-state index in [0.717, 1.165) is 0 Å². The molecule has 0 saturated heterocycles. The molecule has 0 heterocycles. The topological polar surface area (TPSA) is 78.8 Å². The van der Waals surface area contributed by atoms with Crippen LogP contribution in [0.2, 0.25) is 0 Å². The van der Waals surface area contributed by atoms with Crippen LogP contribution in [0.3, 0.4) is 0 Å². The smallest absolute Gasteiger partial charge is 0.407 e. The van der Waals surface area contributed by atoms with Gasteiger partial charge in [-0.2, -0.15) is 0 Å². The third kappa shape index (κ3) is 3.68. The van der Waals surface area contributed by atoms with Crippen LogP contribution in [-0.2, 0) is 4.74 Å². The predicted molar refractivity (Wildman–Crippen MR) is 54.4 cm³/mol. The Labute approximate surface area is 89.4 Å². The maximum atomic E-state index is 11.3. The summed E-state index contributed by atoms with van der Waals surface area (Å²) in [5.41, 5.74) is -1.53. The first-order valence-corrected chi connectivity index (χ1v) is 5.07. The van der Waals surface area contributed by atoms with Crippen molar-refractivity contribution in [1.29, 1.82) is 0 Å². The van der Waals surface area contributed by atoms with Gasteiger partial charge in [0.05, 0.1) is 12.2 Å². The molecular formula is C10H19NO4. The molecule has 1 amide bonds. The summed E-state index contributed by atoms with van der Waals surface area (Å²) in [7, 11) is 0. The number of carbonyl (C=O) groups is 1. The maximum Gasteiger partial charge on any atom is 0.407 e. The van der Waals surface area contributed by atoms with Gasteiger partial charge in [0.1, 0.15) is 5.60 Å². The summed E-state index contributed by atoms with van der Waals surface area (Å²) in [4.78, 5) is 11.3. The summed E-state index contributed by atoms with van der Waals surface area (Å²) in [5, 5.41) is 20.9. The average Bonchev–Trinajstić information content (AvgIpc) is 1.97. The molecule has 5 heteroatoms. The molecule has 0 aromatic rings. The molecule has 88 valence electrons. The Bertz CT molecular complexity index is 240. The van der Waals surface area contributed by atoms with Crippen LogP contribution in [0, 0.1) is 0 Å². The molecule has 15 heavy (non-hydrogen) atoms. The lowest BCUT2D eigenvalue weighted by molar-refractivity contribution is -0.0916. The number of carbonyl (C=O) groups excluding carboxylic acids is 1. The minimum Gasteiger partial charge on any atom is -0.444 e. The second kappa shape index (κ2) is 3.98. The van der Waals surface area contributed by atoms with E-state index in [2.05, 4.69) is 5.32 Å². The van der Waals surface area contributed by atoms with Crippen LogP contribution < -0.4 is 5.32 Å². The molecule has 1 fully saturated rings. The van der Waals surface area contributed by atoms with Crippen molar-refractivity contribution in [2.24, 2.45) is 0 Å². The van der Waals surface area contributed by atoms with Crippen molar-refractivity contribution in [1.82, 2.24) is 5.32 Å². The average molecular weight is 217 g/mol. The molecule has 1 aliphatic rings. The minimum atomic E-state index is -1.01. The van der Waals surface area contributed by atoms with Gasteiger partial charge in [0.2, 0.25) is 0 Å². The molecular weight excluding hydrogens is 198 g/mol. The zero-order chi connectivity index (χ0) is 11.7. The molecule has 1 aliphatic carbocycles. The lowest BCUT2D eigenvalue weighted by Crippen LogP contribution is -2.57. The normalized spacial score (nSPS) is 30.6. The van der Waals surface area contributed by atoms with Gasteiger partial charge < -0.3 is 20.3 Å². The Kier molecular flexibility index (Phi) is 3.25. The van der Waals surface area contributed by atoms with Gasteiger partial charge in [0.15, 0.2) is 0 Å². The largest absolute Gasteiger partial charge is 0.444 e. The van der Waals surface area contributed by atoms with Gasteiger partial charge >= 0.3 is 6.09 Å². The second-order valence-electron chi connectivity index (χ2n) is 5.13. The zero-order valence-corrected chi connectivity index (χ0v) is 9.41. The SMILES string of the molecule is CC(C)(C)OC(=O)NC1CC(O)(CO)C1. The van der Waals surface area contributed by atoms with Crippen molar-refractivity contribution in [3.63, 3.8) is 0 Å². The van der Waals surface area contributed by atoms with Gasteiger partial charge in [-0.3, -0.25) is 0 Å². The minimum absolute atomic E-state index is 0.100. The van der Waals surface area contributed by atoms with Gasteiger partial charge in [-0.1, -0.05) is 0 Å². The molecule has 0 radical (unpaired) electrons. The van der Waals surface area contributed by atoms with Gasteiger partial charge in [-0.05, 0) is 33.6 Å². The Morgan fingerprint density at radius 2 is 2.07 bits per heavy atom. The van der Waals surface area contributed by atoms with Crippen molar-refractivity contribution in [3.8, 4) is 0 Å². The van der Waals surface area contributed by atoms with Crippen molar-refractivity contribution in [2.45, 2.75) is 50.9 Å². The van der Waals surface area contributed by atoms with Crippen molar-refractivity contribution >= 4 is 6.09 Å². The van der Waals surface area contributed by atoms with Crippen molar-refractivity contribution in [2.75, 3.05) is 6.61 Å². The van der Waals surface area contributed by atoms with Crippen LogP contribution in [0.1, 0.15) is 33.6 Å². The van der Waals surface area contributed by atoms with Crippen LogP contribution in [0.4, 0.5) is 4.79 Å². The quantitative estimate of drug-likeness (QED) is 0.625. The van der Waals surface area contributed by atoms with Gasteiger partial charge in [0.25, 0.3) is 0 Å². The number of hydrogen-bond acceptors (Lipinski definition) is 4. The number of rotatable bonds is 2.